The second-order valence-corrected chi connectivity index (χ2v) is 8.34. The van der Waals surface area contributed by atoms with E-state index < -0.39 is 16.6 Å². The SMILES string of the molecule is CS(=O)c1ccc(NC(=O)NCC2(C)CCCS2)cc1F. The number of thioether (sulfide) groups is 1. The summed E-state index contributed by atoms with van der Waals surface area (Å²) in [7, 11) is -1.38. The quantitative estimate of drug-likeness (QED) is 0.892. The Morgan fingerprint density at radius 1 is 1.52 bits per heavy atom. The van der Waals surface area contributed by atoms with E-state index in [2.05, 4.69) is 17.6 Å². The number of anilines is 1. The van der Waals surface area contributed by atoms with E-state index in [4.69, 9.17) is 0 Å². The molecule has 0 bridgehead atoms. The number of rotatable bonds is 4. The maximum absolute atomic E-state index is 13.7. The number of carbonyl (C=O) groups is 1. The van der Waals surface area contributed by atoms with Crippen LogP contribution in [0.2, 0.25) is 0 Å². The Kier molecular flexibility index (Phi) is 5.27. The number of hydrogen-bond acceptors (Lipinski definition) is 3. The van der Waals surface area contributed by atoms with Crippen molar-refractivity contribution in [1.29, 1.82) is 0 Å². The normalized spacial score (nSPS) is 22.8. The first-order chi connectivity index (χ1) is 9.89. The molecule has 1 aromatic rings. The zero-order valence-electron chi connectivity index (χ0n) is 12.1. The average Bonchev–Trinajstić information content (AvgIpc) is 2.84. The van der Waals surface area contributed by atoms with Gasteiger partial charge in [0.2, 0.25) is 0 Å². The summed E-state index contributed by atoms with van der Waals surface area (Å²) in [5, 5.41) is 5.41. The molecule has 0 spiro atoms. The summed E-state index contributed by atoms with van der Waals surface area (Å²) in [5.74, 6) is 0.549. The van der Waals surface area contributed by atoms with Gasteiger partial charge in [-0.2, -0.15) is 11.8 Å². The molecule has 7 heteroatoms. The summed E-state index contributed by atoms with van der Waals surface area (Å²) in [6, 6.07) is 3.80. The maximum atomic E-state index is 13.7. The molecular formula is C14H19FN2O2S2. The van der Waals surface area contributed by atoms with Crippen LogP contribution in [0.3, 0.4) is 0 Å². The molecule has 4 nitrogen and oxygen atoms in total. The molecule has 2 rings (SSSR count). The van der Waals surface area contributed by atoms with Gasteiger partial charge in [0.25, 0.3) is 0 Å². The van der Waals surface area contributed by atoms with Crippen molar-refractivity contribution in [3.05, 3.63) is 24.0 Å². The van der Waals surface area contributed by atoms with Gasteiger partial charge in [0, 0.05) is 23.2 Å². The van der Waals surface area contributed by atoms with Crippen LogP contribution in [-0.2, 0) is 10.8 Å². The van der Waals surface area contributed by atoms with Crippen molar-refractivity contribution in [2.45, 2.75) is 29.4 Å². The molecule has 1 aliphatic heterocycles. The van der Waals surface area contributed by atoms with Crippen molar-refractivity contribution in [1.82, 2.24) is 5.32 Å². The highest BCUT2D eigenvalue weighted by Gasteiger charge is 2.29. The smallest absolute Gasteiger partial charge is 0.319 e. The van der Waals surface area contributed by atoms with Crippen molar-refractivity contribution in [3.63, 3.8) is 0 Å². The number of carbonyl (C=O) groups excluding carboxylic acids is 1. The third kappa shape index (κ3) is 4.44. The van der Waals surface area contributed by atoms with Gasteiger partial charge < -0.3 is 10.6 Å². The molecule has 2 unspecified atom stereocenters. The molecule has 2 N–H and O–H groups in total. The Bertz CT molecular complexity index is 560. The highest BCUT2D eigenvalue weighted by Crippen LogP contribution is 2.36. The number of urea groups is 1. The van der Waals surface area contributed by atoms with Gasteiger partial charge in [0.15, 0.2) is 0 Å². The predicted octanol–water partition coefficient (Wildman–Crippen LogP) is 2.97. The van der Waals surface area contributed by atoms with Gasteiger partial charge in [-0.15, -0.1) is 0 Å². The van der Waals surface area contributed by atoms with Crippen molar-refractivity contribution in [3.8, 4) is 0 Å². The van der Waals surface area contributed by atoms with Crippen LogP contribution in [0.5, 0.6) is 0 Å². The minimum absolute atomic E-state index is 0.0888. The molecule has 2 atom stereocenters. The van der Waals surface area contributed by atoms with Gasteiger partial charge in [-0.3, -0.25) is 4.21 Å². The summed E-state index contributed by atoms with van der Waals surface area (Å²) in [6.07, 6.45) is 3.67. The number of halogens is 1. The van der Waals surface area contributed by atoms with Gasteiger partial charge in [-0.25, -0.2) is 9.18 Å². The Labute approximate surface area is 130 Å². The molecule has 0 saturated carbocycles. The lowest BCUT2D eigenvalue weighted by Gasteiger charge is -2.22. The molecule has 0 aromatic heterocycles. The minimum atomic E-state index is -1.38. The second-order valence-electron chi connectivity index (χ2n) is 5.31. The van der Waals surface area contributed by atoms with E-state index in [0.29, 0.717) is 12.2 Å². The third-order valence-corrected chi connectivity index (χ3v) is 5.91. The Hall–Kier alpha value is -1.08. The fourth-order valence-corrected chi connectivity index (χ4v) is 4.07. The predicted molar refractivity (Wildman–Crippen MR) is 85.9 cm³/mol. The van der Waals surface area contributed by atoms with Crippen LogP contribution in [0.1, 0.15) is 19.8 Å². The summed E-state index contributed by atoms with van der Waals surface area (Å²) in [6.45, 7) is 2.72. The van der Waals surface area contributed by atoms with Gasteiger partial charge in [0.1, 0.15) is 5.82 Å². The van der Waals surface area contributed by atoms with E-state index in [0.717, 1.165) is 12.2 Å². The van der Waals surface area contributed by atoms with Crippen LogP contribution in [0.25, 0.3) is 0 Å². The van der Waals surface area contributed by atoms with Crippen molar-refractivity contribution >= 4 is 34.3 Å². The number of hydrogen-bond donors (Lipinski definition) is 2. The molecule has 1 aromatic carbocycles. The molecule has 116 valence electrons. The lowest BCUT2D eigenvalue weighted by Crippen LogP contribution is -2.39. The highest BCUT2D eigenvalue weighted by molar-refractivity contribution is 8.00. The standard InChI is InChI=1S/C14H19FN2O2S2/c1-14(6-3-7-20-14)9-16-13(18)17-10-4-5-12(21(2)19)11(15)8-10/h4-5,8H,3,6-7,9H2,1-2H3,(H2,16,17,18). The largest absolute Gasteiger partial charge is 0.336 e. The molecule has 1 saturated heterocycles. The van der Waals surface area contributed by atoms with Crippen molar-refractivity contribution < 1.29 is 13.4 Å². The van der Waals surface area contributed by atoms with Crippen molar-refractivity contribution in [2.75, 3.05) is 23.9 Å². The fourth-order valence-electron chi connectivity index (χ4n) is 2.23. The molecule has 21 heavy (non-hydrogen) atoms. The van der Waals surface area contributed by atoms with E-state index in [1.54, 1.807) is 6.07 Å². The fraction of sp³-hybridized carbons (Fsp3) is 0.500. The second kappa shape index (κ2) is 6.79. The summed E-state index contributed by atoms with van der Waals surface area (Å²) in [5.41, 5.74) is 0.350. The highest BCUT2D eigenvalue weighted by atomic mass is 32.2. The lowest BCUT2D eigenvalue weighted by atomic mass is 10.1. The minimum Gasteiger partial charge on any atom is -0.336 e. The molecule has 1 heterocycles. The Morgan fingerprint density at radius 3 is 2.86 bits per heavy atom. The van der Waals surface area contributed by atoms with E-state index in [-0.39, 0.29) is 15.7 Å². The van der Waals surface area contributed by atoms with Crippen LogP contribution in [0.15, 0.2) is 23.1 Å². The van der Waals surface area contributed by atoms with E-state index in [1.807, 2.05) is 11.8 Å². The number of benzene rings is 1. The van der Waals surface area contributed by atoms with Gasteiger partial charge in [-0.05, 0) is 43.7 Å². The molecule has 1 fully saturated rings. The van der Waals surface area contributed by atoms with Crippen LogP contribution in [0, 0.1) is 5.82 Å². The first-order valence-corrected chi connectivity index (χ1v) is 9.26. The Morgan fingerprint density at radius 2 is 2.29 bits per heavy atom. The van der Waals surface area contributed by atoms with Crippen LogP contribution in [0.4, 0.5) is 14.9 Å². The molecule has 1 aliphatic rings. The molecule has 2 amide bonds. The average molecular weight is 330 g/mol. The van der Waals surface area contributed by atoms with Crippen LogP contribution < -0.4 is 10.6 Å². The first-order valence-electron chi connectivity index (χ1n) is 6.71. The summed E-state index contributed by atoms with van der Waals surface area (Å²) >= 11 is 1.86. The van der Waals surface area contributed by atoms with E-state index in [9.17, 15) is 13.4 Å². The topological polar surface area (TPSA) is 58.2 Å². The maximum Gasteiger partial charge on any atom is 0.319 e. The van der Waals surface area contributed by atoms with Gasteiger partial charge in [-0.1, -0.05) is 0 Å². The number of nitrogens with one attached hydrogen (secondary N) is 2. The molecule has 0 aliphatic carbocycles. The van der Waals surface area contributed by atoms with Crippen LogP contribution in [-0.4, -0.2) is 33.5 Å². The molecule has 0 radical (unpaired) electrons. The summed E-state index contributed by atoms with van der Waals surface area (Å²) < 4.78 is 25.0. The van der Waals surface area contributed by atoms with E-state index in [1.165, 1.54) is 24.8 Å². The van der Waals surface area contributed by atoms with Gasteiger partial charge >= 0.3 is 6.03 Å². The lowest BCUT2D eigenvalue weighted by molar-refractivity contribution is 0.251. The first kappa shape index (κ1) is 16.3. The van der Waals surface area contributed by atoms with E-state index >= 15 is 0 Å². The summed E-state index contributed by atoms with van der Waals surface area (Å²) in [4.78, 5) is 12.0. The Balaban J connectivity index is 1.90. The third-order valence-electron chi connectivity index (χ3n) is 3.42. The van der Waals surface area contributed by atoms with Crippen LogP contribution >= 0.6 is 11.8 Å². The zero-order valence-corrected chi connectivity index (χ0v) is 13.7. The number of amides is 2. The van der Waals surface area contributed by atoms with Gasteiger partial charge in [0.05, 0.1) is 15.7 Å². The monoisotopic (exact) mass is 330 g/mol. The van der Waals surface area contributed by atoms with Crippen molar-refractivity contribution in [2.24, 2.45) is 0 Å². The molecular weight excluding hydrogens is 311 g/mol. The zero-order chi connectivity index (χ0) is 15.5.